The highest BCUT2D eigenvalue weighted by atomic mass is 127. The number of benzene rings is 2. The van der Waals surface area contributed by atoms with Gasteiger partial charge in [-0.15, -0.1) is 24.0 Å². The molecule has 0 unspecified atom stereocenters. The Morgan fingerprint density at radius 1 is 1.00 bits per heavy atom. The number of nitrogens with zero attached hydrogens (tertiary/aromatic N) is 3. The van der Waals surface area contributed by atoms with Gasteiger partial charge in [-0.1, -0.05) is 24.3 Å². The van der Waals surface area contributed by atoms with Crippen molar-refractivity contribution in [1.82, 2.24) is 10.6 Å². The molecule has 2 aromatic carbocycles. The zero-order valence-electron chi connectivity index (χ0n) is 17.3. The molecule has 0 bridgehead atoms. The number of nitrogens with one attached hydrogen (secondary N) is 2. The van der Waals surface area contributed by atoms with Crippen LogP contribution < -0.4 is 20.4 Å². The average molecular weight is 507 g/mol. The SMILES string of the molecule is CN=C(NCc1ccc(N(C)C)cc1)NCc1ccc(N2CCCC2=O)cc1.I. The molecule has 156 valence electrons. The molecular formula is C22H30IN5O. The van der Waals surface area contributed by atoms with E-state index in [1.54, 1.807) is 7.05 Å². The number of rotatable bonds is 6. The molecule has 0 spiro atoms. The van der Waals surface area contributed by atoms with Crippen LogP contribution >= 0.6 is 24.0 Å². The minimum absolute atomic E-state index is 0. The number of guanidine groups is 1. The number of amides is 1. The lowest BCUT2D eigenvalue weighted by molar-refractivity contribution is -0.117. The van der Waals surface area contributed by atoms with Crippen molar-refractivity contribution in [3.8, 4) is 0 Å². The van der Waals surface area contributed by atoms with Gasteiger partial charge in [0.15, 0.2) is 5.96 Å². The van der Waals surface area contributed by atoms with Gasteiger partial charge in [0.1, 0.15) is 0 Å². The summed E-state index contributed by atoms with van der Waals surface area (Å²) < 4.78 is 0. The number of carbonyl (C=O) groups is 1. The first kappa shape index (κ1) is 23.0. The van der Waals surface area contributed by atoms with Crippen molar-refractivity contribution in [3.63, 3.8) is 0 Å². The summed E-state index contributed by atoms with van der Waals surface area (Å²) in [5.41, 5.74) is 4.52. The van der Waals surface area contributed by atoms with Gasteiger partial charge in [0.05, 0.1) is 0 Å². The Labute approximate surface area is 190 Å². The van der Waals surface area contributed by atoms with Crippen molar-refractivity contribution < 1.29 is 4.79 Å². The second-order valence-corrected chi connectivity index (χ2v) is 7.16. The van der Waals surface area contributed by atoms with Crippen molar-refractivity contribution in [2.45, 2.75) is 25.9 Å². The van der Waals surface area contributed by atoms with E-state index in [0.29, 0.717) is 19.5 Å². The number of aliphatic imine (C=N–C) groups is 1. The second kappa shape index (κ2) is 11.0. The maximum atomic E-state index is 11.8. The van der Waals surface area contributed by atoms with Gasteiger partial charge >= 0.3 is 0 Å². The molecule has 1 aliphatic rings. The Balaban J connectivity index is 0.00000300. The molecule has 0 aliphatic carbocycles. The molecule has 29 heavy (non-hydrogen) atoms. The summed E-state index contributed by atoms with van der Waals surface area (Å²) in [6, 6.07) is 16.6. The van der Waals surface area contributed by atoms with E-state index in [1.165, 1.54) is 11.3 Å². The van der Waals surface area contributed by atoms with E-state index in [0.717, 1.165) is 30.2 Å². The number of hydrogen-bond donors (Lipinski definition) is 2. The Hall–Kier alpha value is -2.29. The topological polar surface area (TPSA) is 60.0 Å². The Morgan fingerprint density at radius 2 is 1.55 bits per heavy atom. The molecule has 6 nitrogen and oxygen atoms in total. The maximum Gasteiger partial charge on any atom is 0.227 e. The minimum atomic E-state index is 0. The lowest BCUT2D eigenvalue weighted by atomic mass is 10.2. The third kappa shape index (κ3) is 6.35. The third-order valence-electron chi connectivity index (χ3n) is 4.92. The number of carbonyl (C=O) groups excluding carboxylic acids is 1. The summed E-state index contributed by atoms with van der Waals surface area (Å²) in [5, 5.41) is 6.67. The van der Waals surface area contributed by atoms with Gasteiger partial charge in [0.2, 0.25) is 5.91 Å². The van der Waals surface area contributed by atoms with E-state index in [4.69, 9.17) is 0 Å². The standard InChI is InChI=1S/C22H29N5O.HI/c1-23-22(24-15-17-6-10-19(11-7-17)26(2)3)25-16-18-8-12-20(13-9-18)27-14-4-5-21(27)28;/h6-13H,4-5,14-16H2,1-3H3,(H2,23,24,25);1H. The Kier molecular flexibility index (Phi) is 8.75. The van der Waals surface area contributed by atoms with Gasteiger partial charge in [0.25, 0.3) is 0 Å². The molecule has 0 atom stereocenters. The molecule has 2 aromatic rings. The van der Waals surface area contributed by atoms with Crippen LogP contribution in [0.15, 0.2) is 53.5 Å². The van der Waals surface area contributed by atoms with E-state index < -0.39 is 0 Å². The summed E-state index contributed by atoms with van der Waals surface area (Å²) in [7, 11) is 5.84. The molecule has 0 aromatic heterocycles. The molecule has 0 saturated carbocycles. The summed E-state index contributed by atoms with van der Waals surface area (Å²) in [5.74, 6) is 0.976. The highest BCUT2D eigenvalue weighted by Crippen LogP contribution is 2.21. The van der Waals surface area contributed by atoms with E-state index in [-0.39, 0.29) is 29.9 Å². The van der Waals surface area contributed by atoms with Gasteiger partial charge in [-0.3, -0.25) is 9.79 Å². The minimum Gasteiger partial charge on any atom is -0.378 e. The molecule has 3 rings (SSSR count). The predicted octanol–water partition coefficient (Wildman–Crippen LogP) is 3.36. The summed E-state index contributed by atoms with van der Waals surface area (Å²) in [6.45, 7) is 2.21. The van der Waals surface area contributed by atoms with Gasteiger partial charge in [-0.2, -0.15) is 0 Å². The van der Waals surface area contributed by atoms with Crippen LogP contribution in [0, 0.1) is 0 Å². The number of hydrogen-bond acceptors (Lipinski definition) is 3. The molecule has 1 saturated heterocycles. The van der Waals surface area contributed by atoms with Crippen LogP contribution in [0.3, 0.4) is 0 Å². The first-order valence-corrected chi connectivity index (χ1v) is 9.67. The zero-order valence-corrected chi connectivity index (χ0v) is 19.6. The van der Waals surface area contributed by atoms with Crippen molar-refractivity contribution in [3.05, 3.63) is 59.7 Å². The number of halogens is 1. The van der Waals surface area contributed by atoms with Crippen LogP contribution in [0.5, 0.6) is 0 Å². The molecule has 1 fully saturated rings. The highest BCUT2D eigenvalue weighted by Gasteiger charge is 2.21. The van der Waals surface area contributed by atoms with Gasteiger partial charge in [-0.05, 0) is 41.8 Å². The summed E-state index contributed by atoms with van der Waals surface area (Å²) >= 11 is 0. The monoisotopic (exact) mass is 507 g/mol. The summed E-state index contributed by atoms with van der Waals surface area (Å²) in [6.07, 6.45) is 1.60. The third-order valence-corrected chi connectivity index (χ3v) is 4.92. The largest absolute Gasteiger partial charge is 0.378 e. The fourth-order valence-corrected chi connectivity index (χ4v) is 3.22. The molecule has 1 amide bonds. The van der Waals surface area contributed by atoms with Crippen LogP contribution in [0.1, 0.15) is 24.0 Å². The number of anilines is 2. The van der Waals surface area contributed by atoms with E-state index in [9.17, 15) is 4.79 Å². The molecular weight excluding hydrogens is 477 g/mol. The molecule has 1 aliphatic heterocycles. The molecule has 7 heteroatoms. The molecule has 2 N–H and O–H groups in total. The lowest BCUT2D eigenvalue weighted by Crippen LogP contribution is -2.36. The second-order valence-electron chi connectivity index (χ2n) is 7.16. The van der Waals surface area contributed by atoms with Crippen molar-refractivity contribution in [2.24, 2.45) is 4.99 Å². The quantitative estimate of drug-likeness (QED) is 0.358. The highest BCUT2D eigenvalue weighted by molar-refractivity contribution is 14.0. The van der Waals surface area contributed by atoms with Crippen LogP contribution in [-0.2, 0) is 17.9 Å². The first-order chi connectivity index (χ1) is 13.6. The van der Waals surface area contributed by atoms with E-state index in [1.807, 2.05) is 31.1 Å². The van der Waals surface area contributed by atoms with Crippen molar-refractivity contribution in [2.75, 3.05) is 37.5 Å². The first-order valence-electron chi connectivity index (χ1n) is 9.67. The Bertz CT molecular complexity index is 818. The normalized spacial score (nSPS) is 13.8. The fourth-order valence-electron chi connectivity index (χ4n) is 3.22. The van der Waals surface area contributed by atoms with Crippen LogP contribution in [-0.4, -0.2) is 39.6 Å². The fraction of sp³-hybridized carbons (Fsp3) is 0.364. The lowest BCUT2D eigenvalue weighted by Gasteiger charge is -2.16. The van der Waals surface area contributed by atoms with E-state index >= 15 is 0 Å². The predicted molar refractivity (Wildman–Crippen MR) is 131 cm³/mol. The molecule has 1 heterocycles. The van der Waals surface area contributed by atoms with Gasteiger partial charge in [0, 0.05) is 58.6 Å². The van der Waals surface area contributed by atoms with Gasteiger partial charge in [-0.25, -0.2) is 0 Å². The van der Waals surface area contributed by atoms with Crippen molar-refractivity contribution >= 4 is 47.2 Å². The average Bonchev–Trinajstić information content (AvgIpc) is 3.15. The maximum absolute atomic E-state index is 11.8. The summed E-state index contributed by atoms with van der Waals surface area (Å²) in [4.78, 5) is 20.1. The Morgan fingerprint density at radius 3 is 2.00 bits per heavy atom. The zero-order chi connectivity index (χ0) is 19.9. The smallest absolute Gasteiger partial charge is 0.227 e. The molecule has 0 radical (unpaired) electrons. The van der Waals surface area contributed by atoms with Crippen LogP contribution in [0.25, 0.3) is 0 Å². The van der Waals surface area contributed by atoms with Crippen LogP contribution in [0.4, 0.5) is 11.4 Å². The van der Waals surface area contributed by atoms with Crippen LogP contribution in [0.2, 0.25) is 0 Å². The van der Waals surface area contributed by atoms with Crippen molar-refractivity contribution in [1.29, 1.82) is 0 Å². The van der Waals surface area contributed by atoms with Gasteiger partial charge < -0.3 is 20.4 Å². The van der Waals surface area contributed by atoms with E-state index in [2.05, 4.69) is 56.9 Å².